The van der Waals surface area contributed by atoms with Gasteiger partial charge >= 0.3 is 6.18 Å². The van der Waals surface area contributed by atoms with Gasteiger partial charge in [0.05, 0.1) is 22.5 Å². The number of hydrogen-bond donors (Lipinski definition) is 3. The predicted molar refractivity (Wildman–Crippen MR) is 112 cm³/mol. The highest BCUT2D eigenvalue weighted by atomic mass is 35.5. The number of nitrogens with one attached hydrogen (secondary N) is 2. The number of hydrazone groups is 1. The van der Waals surface area contributed by atoms with Crippen molar-refractivity contribution in [3.8, 4) is 5.75 Å². The van der Waals surface area contributed by atoms with Crippen molar-refractivity contribution in [2.24, 2.45) is 5.10 Å². The summed E-state index contributed by atoms with van der Waals surface area (Å²) in [6.07, 6.45) is -1.79. The van der Waals surface area contributed by atoms with E-state index in [-0.39, 0.29) is 29.3 Å². The van der Waals surface area contributed by atoms with Crippen LogP contribution < -0.4 is 10.7 Å². The van der Waals surface area contributed by atoms with Gasteiger partial charge in [-0.2, -0.15) is 18.3 Å². The van der Waals surface area contributed by atoms with Crippen LogP contribution in [0.4, 0.5) is 18.9 Å². The van der Waals surface area contributed by atoms with Crippen molar-refractivity contribution in [3.63, 3.8) is 0 Å². The molecule has 0 saturated carbocycles. The van der Waals surface area contributed by atoms with Gasteiger partial charge in [-0.25, -0.2) is 5.43 Å². The Bertz CT molecular complexity index is 1010. The summed E-state index contributed by atoms with van der Waals surface area (Å²) in [5, 5.41) is 16.0. The van der Waals surface area contributed by atoms with E-state index in [1.54, 1.807) is 24.3 Å². The van der Waals surface area contributed by atoms with Crippen LogP contribution in [0, 0.1) is 0 Å². The van der Waals surface area contributed by atoms with Crippen LogP contribution in [0.5, 0.6) is 5.75 Å². The number of carbonyl (C=O) groups is 2. The molecule has 0 unspecified atom stereocenters. The minimum Gasteiger partial charge on any atom is -0.507 e. The monoisotopic (exact) mass is 453 g/mol. The molecule has 6 nitrogen and oxygen atoms in total. The normalized spacial score (nSPS) is 11.4. The average molecular weight is 454 g/mol. The van der Waals surface area contributed by atoms with E-state index < -0.39 is 23.6 Å². The third-order valence-electron chi connectivity index (χ3n) is 4.05. The van der Waals surface area contributed by atoms with Crippen LogP contribution in [-0.2, 0) is 22.2 Å². The zero-order chi connectivity index (χ0) is 23.0. The van der Waals surface area contributed by atoms with Gasteiger partial charge in [0.2, 0.25) is 11.8 Å². The van der Waals surface area contributed by atoms with Gasteiger partial charge in [-0.15, -0.1) is 6.58 Å². The number of alkyl halides is 3. The Hall–Kier alpha value is -3.33. The number of amides is 2. The van der Waals surface area contributed by atoms with Gasteiger partial charge in [0.25, 0.3) is 0 Å². The topological polar surface area (TPSA) is 90.8 Å². The number of carbonyl (C=O) groups excluding carboxylic acids is 2. The van der Waals surface area contributed by atoms with Crippen molar-refractivity contribution in [1.82, 2.24) is 5.43 Å². The summed E-state index contributed by atoms with van der Waals surface area (Å²) in [7, 11) is 0. The Morgan fingerprint density at radius 1 is 1.16 bits per heavy atom. The Balaban J connectivity index is 1.88. The summed E-state index contributed by atoms with van der Waals surface area (Å²) in [4.78, 5) is 23.8. The van der Waals surface area contributed by atoms with Crippen molar-refractivity contribution in [3.05, 3.63) is 70.8 Å². The molecule has 0 aliphatic heterocycles. The molecular formula is C21H19ClF3N3O3. The number of nitrogens with zero attached hydrogens (tertiary/aromatic N) is 1. The lowest BCUT2D eigenvalue weighted by molar-refractivity contribution is -0.137. The van der Waals surface area contributed by atoms with Gasteiger partial charge in [0, 0.05) is 18.4 Å². The summed E-state index contributed by atoms with van der Waals surface area (Å²) in [6, 6.07) is 7.59. The molecule has 0 heterocycles. The van der Waals surface area contributed by atoms with Gasteiger partial charge in [0.15, 0.2) is 0 Å². The second-order valence-electron chi connectivity index (χ2n) is 6.38. The van der Waals surface area contributed by atoms with E-state index in [0.29, 0.717) is 17.5 Å². The zero-order valence-electron chi connectivity index (χ0n) is 16.2. The molecule has 0 radical (unpaired) electrons. The molecule has 0 aliphatic carbocycles. The van der Waals surface area contributed by atoms with Gasteiger partial charge in [0.1, 0.15) is 5.75 Å². The molecule has 3 N–H and O–H groups in total. The Kier molecular flexibility index (Phi) is 8.21. The molecule has 0 bridgehead atoms. The van der Waals surface area contributed by atoms with Crippen molar-refractivity contribution >= 4 is 35.3 Å². The molecule has 0 atom stereocenters. The molecule has 2 aromatic rings. The fourth-order valence-corrected chi connectivity index (χ4v) is 2.67. The van der Waals surface area contributed by atoms with E-state index in [0.717, 1.165) is 18.2 Å². The first-order valence-corrected chi connectivity index (χ1v) is 9.40. The number of halogens is 4. The summed E-state index contributed by atoms with van der Waals surface area (Å²) in [6.45, 7) is 3.60. The molecule has 0 saturated heterocycles. The van der Waals surface area contributed by atoms with Crippen molar-refractivity contribution in [2.75, 3.05) is 5.32 Å². The summed E-state index contributed by atoms with van der Waals surface area (Å²) < 4.78 is 38.3. The highest BCUT2D eigenvalue weighted by Crippen LogP contribution is 2.33. The van der Waals surface area contributed by atoms with Gasteiger partial charge in [-0.3, -0.25) is 9.59 Å². The first-order chi connectivity index (χ1) is 14.6. The maximum atomic E-state index is 12.8. The molecular weight excluding hydrogens is 435 g/mol. The summed E-state index contributed by atoms with van der Waals surface area (Å²) in [5.41, 5.74) is 2.09. The number of phenolic OH excluding ortho intramolecular Hbond substituents is 1. The highest BCUT2D eigenvalue weighted by molar-refractivity contribution is 6.33. The van der Waals surface area contributed by atoms with Gasteiger partial charge in [-0.1, -0.05) is 29.8 Å². The third-order valence-corrected chi connectivity index (χ3v) is 4.38. The highest BCUT2D eigenvalue weighted by Gasteiger charge is 2.31. The molecule has 2 rings (SSSR count). The fraction of sp³-hybridized carbons (Fsp3) is 0.190. The summed E-state index contributed by atoms with van der Waals surface area (Å²) in [5.74, 6) is -1.27. The first-order valence-electron chi connectivity index (χ1n) is 9.02. The number of benzene rings is 2. The molecule has 10 heteroatoms. The lowest BCUT2D eigenvalue weighted by atomic mass is 10.1. The average Bonchev–Trinajstić information content (AvgIpc) is 2.70. The van der Waals surface area contributed by atoms with Crippen LogP contribution in [0.1, 0.15) is 29.5 Å². The largest absolute Gasteiger partial charge is 0.507 e. The minimum atomic E-state index is -4.58. The van der Waals surface area contributed by atoms with E-state index in [4.69, 9.17) is 11.6 Å². The lowest BCUT2D eigenvalue weighted by Crippen LogP contribution is -2.21. The van der Waals surface area contributed by atoms with E-state index >= 15 is 0 Å². The number of rotatable bonds is 8. The minimum absolute atomic E-state index is 0.0118. The lowest BCUT2D eigenvalue weighted by Gasteiger charge is -2.11. The fourth-order valence-electron chi connectivity index (χ4n) is 2.50. The predicted octanol–water partition coefficient (Wildman–Crippen LogP) is 4.66. The Labute approximate surface area is 181 Å². The van der Waals surface area contributed by atoms with Gasteiger partial charge in [-0.05, 0) is 36.2 Å². The standard InChI is InChI=1S/C21H19ClF3N3O3/c1-2-4-13-5-3-6-14(20(13)31)12-26-28-19(30)10-9-18(29)27-17-11-15(21(23,24)25)7-8-16(17)22/h2-3,5-8,11-12,31H,1,4,9-10H2,(H,27,29)(H,28,30). The van der Waals surface area contributed by atoms with Crippen LogP contribution in [0.3, 0.4) is 0 Å². The number of phenols is 1. The van der Waals surface area contributed by atoms with Crippen molar-refractivity contribution in [2.45, 2.75) is 25.4 Å². The molecule has 0 aliphatic rings. The van der Waals surface area contributed by atoms with Crippen LogP contribution in [0.25, 0.3) is 0 Å². The first kappa shape index (κ1) is 23.9. The van der Waals surface area contributed by atoms with Crippen molar-refractivity contribution < 1.29 is 27.9 Å². The van der Waals surface area contributed by atoms with Crippen LogP contribution >= 0.6 is 11.6 Å². The molecule has 0 aromatic heterocycles. The van der Waals surface area contributed by atoms with E-state index in [1.807, 2.05) is 0 Å². The molecule has 2 aromatic carbocycles. The van der Waals surface area contributed by atoms with Crippen LogP contribution in [0.15, 0.2) is 54.2 Å². The van der Waals surface area contributed by atoms with Gasteiger partial charge < -0.3 is 10.4 Å². The van der Waals surface area contributed by atoms with Crippen molar-refractivity contribution in [1.29, 1.82) is 0 Å². The molecule has 31 heavy (non-hydrogen) atoms. The Morgan fingerprint density at radius 3 is 2.55 bits per heavy atom. The maximum absolute atomic E-state index is 12.8. The van der Waals surface area contributed by atoms with E-state index in [1.165, 1.54) is 6.21 Å². The quantitative estimate of drug-likeness (QED) is 0.308. The third kappa shape index (κ3) is 7.14. The van der Waals surface area contributed by atoms with Crippen LogP contribution in [0.2, 0.25) is 5.02 Å². The smallest absolute Gasteiger partial charge is 0.416 e. The number of para-hydroxylation sites is 1. The molecule has 2 amide bonds. The number of anilines is 1. The number of hydrogen-bond acceptors (Lipinski definition) is 4. The maximum Gasteiger partial charge on any atom is 0.416 e. The zero-order valence-corrected chi connectivity index (χ0v) is 16.9. The second-order valence-corrected chi connectivity index (χ2v) is 6.79. The SMILES string of the molecule is C=CCc1cccc(C=NNC(=O)CCC(=O)Nc2cc(C(F)(F)F)ccc2Cl)c1O. The molecule has 0 fully saturated rings. The second kappa shape index (κ2) is 10.6. The van der Waals surface area contributed by atoms with E-state index in [9.17, 15) is 27.9 Å². The molecule has 164 valence electrons. The summed E-state index contributed by atoms with van der Waals surface area (Å²) >= 11 is 5.82. The number of aromatic hydroxyl groups is 1. The van der Waals surface area contributed by atoms with Crippen LogP contribution in [-0.4, -0.2) is 23.1 Å². The number of allylic oxidation sites excluding steroid dienone is 1. The van der Waals surface area contributed by atoms with E-state index in [2.05, 4.69) is 22.4 Å². The molecule has 0 spiro atoms. The Morgan fingerprint density at radius 2 is 1.87 bits per heavy atom.